The SMILES string of the molecule is COc1cc(C)c(NCC(=O)Nc2ccc(C)cc2)cc1OC. The Morgan fingerprint density at radius 3 is 2.22 bits per heavy atom. The summed E-state index contributed by atoms with van der Waals surface area (Å²) in [7, 11) is 3.18. The van der Waals surface area contributed by atoms with E-state index in [-0.39, 0.29) is 12.5 Å². The fourth-order valence-corrected chi connectivity index (χ4v) is 2.19. The Balaban J connectivity index is 1.99. The maximum absolute atomic E-state index is 12.0. The van der Waals surface area contributed by atoms with Crippen LogP contribution in [0.3, 0.4) is 0 Å². The maximum atomic E-state index is 12.0. The van der Waals surface area contributed by atoms with Gasteiger partial charge in [0.25, 0.3) is 0 Å². The van der Waals surface area contributed by atoms with Crippen LogP contribution in [0, 0.1) is 13.8 Å². The number of amides is 1. The van der Waals surface area contributed by atoms with E-state index in [9.17, 15) is 4.79 Å². The molecule has 0 fully saturated rings. The van der Waals surface area contributed by atoms with Crippen molar-refractivity contribution >= 4 is 17.3 Å². The molecule has 0 aliphatic rings. The van der Waals surface area contributed by atoms with E-state index in [1.165, 1.54) is 0 Å². The highest BCUT2D eigenvalue weighted by atomic mass is 16.5. The molecule has 0 heterocycles. The summed E-state index contributed by atoms with van der Waals surface area (Å²) in [5.41, 5.74) is 3.75. The van der Waals surface area contributed by atoms with Gasteiger partial charge >= 0.3 is 0 Å². The normalized spacial score (nSPS) is 10.1. The second-order valence-corrected chi connectivity index (χ2v) is 5.29. The lowest BCUT2D eigenvalue weighted by Gasteiger charge is -2.14. The lowest BCUT2D eigenvalue weighted by molar-refractivity contribution is -0.114. The first-order valence-corrected chi connectivity index (χ1v) is 7.36. The first-order valence-electron chi connectivity index (χ1n) is 7.36. The summed E-state index contributed by atoms with van der Waals surface area (Å²) in [6.45, 7) is 4.12. The van der Waals surface area contributed by atoms with Crippen LogP contribution >= 0.6 is 0 Å². The molecular weight excluding hydrogens is 292 g/mol. The van der Waals surface area contributed by atoms with Crippen molar-refractivity contribution in [1.29, 1.82) is 0 Å². The topological polar surface area (TPSA) is 59.6 Å². The van der Waals surface area contributed by atoms with Gasteiger partial charge in [0.05, 0.1) is 20.8 Å². The van der Waals surface area contributed by atoms with Gasteiger partial charge in [-0.05, 0) is 37.6 Å². The fourth-order valence-electron chi connectivity index (χ4n) is 2.19. The Bertz CT molecular complexity index is 681. The van der Waals surface area contributed by atoms with Crippen LogP contribution < -0.4 is 20.1 Å². The molecule has 2 rings (SSSR count). The molecule has 2 aromatic rings. The molecule has 0 saturated heterocycles. The molecule has 0 atom stereocenters. The van der Waals surface area contributed by atoms with E-state index in [1.54, 1.807) is 14.2 Å². The summed E-state index contributed by atoms with van der Waals surface area (Å²) in [5, 5.41) is 5.98. The average molecular weight is 314 g/mol. The van der Waals surface area contributed by atoms with Gasteiger partial charge in [0.2, 0.25) is 5.91 Å². The lowest BCUT2D eigenvalue weighted by Crippen LogP contribution is -2.22. The number of methoxy groups -OCH3 is 2. The molecule has 0 radical (unpaired) electrons. The van der Waals surface area contributed by atoms with Crippen LogP contribution in [-0.2, 0) is 4.79 Å². The average Bonchev–Trinajstić information content (AvgIpc) is 2.55. The van der Waals surface area contributed by atoms with Crippen molar-refractivity contribution in [2.45, 2.75) is 13.8 Å². The summed E-state index contributed by atoms with van der Waals surface area (Å²) in [6, 6.07) is 11.4. The van der Waals surface area contributed by atoms with Crippen LogP contribution in [0.15, 0.2) is 36.4 Å². The molecular formula is C18H22N2O3. The molecule has 2 N–H and O–H groups in total. The number of aryl methyl sites for hydroxylation is 2. The number of hydrogen-bond acceptors (Lipinski definition) is 4. The number of rotatable bonds is 6. The predicted octanol–water partition coefficient (Wildman–Crippen LogP) is 3.37. The molecule has 5 heteroatoms. The Labute approximate surface area is 136 Å². The highest BCUT2D eigenvalue weighted by Gasteiger charge is 2.09. The molecule has 0 aromatic heterocycles. The first-order chi connectivity index (χ1) is 11.0. The maximum Gasteiger partial charge on any atom is 0.243 e. The molecule has 0 spiro atoms. The first kappa shape index (κ1) is 16.7. The van der Waals surface area contributed by atoms with E-state index in [0.717, 1.165) is 22.5 Å². The number of carbonyl (C=O) groups is 1. The molecule has 2 aromatic carbocycles. The summed E-state index contributed by atoms with van der Waals surface area (Å²) < 4.78 is 10.5. The van der Waals surface area contributed by atoms with E-state index < -0.39 is 0 Å². The minimum Gasteiger partial charge on any atom is -0.493 e. The Hall–Kier alpha value is -2.69. The summed E-state index contributed by atoms with van der Waals surface area (Å²) in [5.74, 6) is 1.18. The smallest absolute Gasteiger partial charge is 0.243 e. The van der Waals surface area contributed by atoms with Gasteiger partial charge in [-0.3, -0.25) is 4.79 Å². The number of nitrogens with one attached hydrogen (secondary N) is 2. The van der Waals surface area contributed by atoms with Crippen LogP contribution in [0.1, 0.15) is 11.1 Å². The van der Waals surface area contributed by atoms with Gasteiger partial charge in [-0.1, -0.05) is 17.7 Å². The lowest BCUT2D eigenvalue weighted by atomic mass is 10.1. The van der Waals surface area contributed by atoms with Gasteiger partial charge in [0.15, 0.2) is 11.5 Å². The Morgan fingerprint density at radius 1 is 1.00 bits per heavy atom. The molecule has 0 aliphatic carbocycles. The minimum atomic E-state index is -0.108. The van der Waals surface area contributed by atoms with Crippen LogP contribution in [-0.4, -0.2) is 26.7 Å². The molecule has 1 amide bonds. The number of hydrogen-bond donors (Lipinski definition) is 2. The van der Waals surface area contributed by atoms with Crippen LogP contribution in [0.5, 0.6) is 11.5 Å². The quantitative estimate of drug-likeness (QED) is 0.858. The third kappa shape index (κ3) is 4.39. The van der Waals surface area contributed by atoms with Crippen LogP contribution in [0.2, 0.25) is 0 Å². The predicted molar refractivity (Wildman–Crippen MR) is 92.6 cm³/mol. The van der Waals surface area contributed by atoms with Gasteiger partial charge < -0.3 is 20.1 Å². The number of ether oxygens (including phenoxy) is 2. The zero-order chi connectivity index (χ0) is 16.8. The summed E-state index contributed by atoms with van der Waals surface area (Å²) in [6.07, 6.45) is 0. The minimum absolute atomic E-state index is 0.108. The number of anilines is 2. The Kier molecular flexibility index (Phi) is 5.46. The third-order valence-electron chi connectivity index (χ3n) is 3.51. The van der Waals surface area contributed by atoms with E-state index in [2.05, 4.69) is 10.6 Å². The monoisotopic (exact) mass is 314 g/mol. The van der Waals surface area contributed by atoms with Gasteiger partial charge in [-0.15, -0.1) is 0 Å². The van der Waals surface area contributed by atoms with Crippen molar-refractivity contribution in [2.75, 3.05) is 31.4 Å². The van der Waals surface area contributed by atoms with Crippen molar-refractivity contribution < 1.29 is 14.3 Å². The summed E-state index contributed by atoms with van der Waals surface area (Å²) in [4.78, 5) is 12.0. The van der Waals surface area contributed by atoms with E-state index >= 15 is 0 Å². The van der Waals surface area contributed by atoms with Crippen molar-refractivity contribution in [3.8, 4) is 11.5 Å². The van der Waals surface area contributed by atoms with Crippen LogP contribution in [0.4, 0.5) is 11.4 Å². The largest absolute Gasteiger partial charge is 0.493 e. The third-order valence-corrected chi connectivity index (χ3v) is 3.51. The number of carbonyl (C=O) groups excluding carboxylic acids is 1. The molecule has 0 aliphatic heterocycles. The molecule has 122 valence electrons. The van der Waals surface area contributed by atoms with E-state index in [4.69, 9.17) is 9.47 Å². The highest BCUT2D eigenvalue weighted by Crippen LogP contribution is 2.32. The molecule has 23 heavy (non-hydrogen) atoms. The van der Waals surface area contributed by atoms with E-state index in [0.29, 0.717) is 11.5 Å². The Morgan fingerprint density at radius 2 is 1.61 bits per heavy atom. The van der Waals surface area contributed by atoms with Crippen molar-refractivity contribution in [2.24, 2.45) is 0 Å². The van der Waals surface area contributed by atoms with Gasteiger partial charge in [0.1, 0.15) is 0 Å². The van der Waals surface area contributed by atoms with Gasteiger partial charge in [0, 0.05) is 17.4 Å². The second-order valence-electron chi connectivity index (χ2n) is 5.29. The van der Waals surface area contributed by atoms with Crippen LogP contribution in [0.25, 0.3) is 0 Å². The van der Waals surface area contributed by atoms with Crippen molar-refractivity contribution in [3.05, 3.63) is 47.5 Å². The fraction of sp³-hybridized carbons (Fsp3) is 0.278. The highest BCUT2D eigenvalue weighted by molar-refractivity contribution is 5.93. The molecule has 0 unspecified atom stereocenters. The van der Waals surface area contributed by atoms with Crippen molar-refractivity contribution in [1.82, 2.24) is 0 Å². The standard InChI is InChI=1S/C18H22N2O3/c1-12-5-7-14(8-6-12)20-18(21)11-19-15-10-17(23-4)16(22-3)9-13(15)2/h5-10,19H,11H2,1-4H3,(H,20,21). The zero-order valence-electron chi connectivity index (χ0n) is 13.9. The van der Waals surface area contributed by atoms with Gasteiger partial charge in [-0.2, -0.15) is 0 Å². The summed E-state index contributed by atoms with van der Waals surface area (Å²) >= 11 is 0. The van der Waals surface area contributed by atoms with Gasteiger partial charge in [-0.25, -0.2) is 0 Å². The van der Waals surface area contributed by atoms with E-state index in [1.807, 2.05) is 50.2 Å². The molecule has 0 bridgehead atoms. The zero-order valence-corrected chi connectivity index (χ0v) is 13.9. The van der Waals surface area contributed by atoms with Crippen molar-refractivity contribution in [3.63, 3.8) is 0 Å². The second kappa shape index (κ2) is 7.54. The number of benzene rings is 2. The molecule has 0 saturated carbocycles. The molecule has 5 nitrogen and oxygen atoms in total.